The molecule has 0 bridgehead atoms. The van der Waals surface area contributed by atoms with E-state index in [9.17, 15) is 20.1 Å². The molecule has 1 aliphatic rings. The summed E-state index contributed by atoms with van der Waals surface area (Å²) in [5.74, 6) is -2.55. The molecule has 0 amide bonds. The van der Waals surface area contributed by atoms with Gasteiger partial charge in [0.25, 0.3) is 0 Å². The van der Waals surface area contributed by atoms with E-state index in [-0.39, 0.29) is 45.4 Å². The topological polar surface area (TPSA) is 118 Å². The Morgan fingerprint density at radius 2 is 1.23 bits per heavy atom. The van der Waals surface area contributed by atoms with E-state index in [2.05, 4.69) is 0 Å². The number of rotatable bonds is 19. The number of ketones is 1. The predicted octanol–water partition coefficient (Wildman–Crippen LogP) is 3.95. The Morgan fingerprint density at radius 3 is 1.70 bits per heavy atom. The number of hydrogen-bond acceptors (Lipinski definition) is 8. The molecule has 0 radical (unpaired) electrons. The maximum atomic E-state index is 13.4. The number of epoxide rings is 1. The van der Waals surface area contributed by atoms with Gasteiger partial charge in [-0.25, -0.2) is 0 Å². The molecule has 3 aromatic carbocycles. The van der Waals surface area contributed by atoms with Crippen molar-refractivity contribution >= 4 is 5.78 Å². The number of Topliss-reactive ketones (excluding diaryl/α,β-unsaturated/α-hetero) is 1. The molecule has 0 spiro atoms. The zero-order valence-corrected chi connectivity index (χ0v) is 25.0. The van der Waals surface area contributed by atoms with Crippen LogP contribution in [-0.2, 0) is 43.6 Å². The number of carbonyl (C=O) groups is 1. The molecule has 0 aliphatic carbocycles. The van der Waals surface area contributed by atoms with Crippen molar-refractivity contribution in [3.05, 3.63) is 108 Å². The molecule has 232 valence electrons. The van der Waals surface area contributed by atoms with Crippen LogP contribution in [0.1, 0.15) is 30.5 Å². The fraction of sp³-hybridized carbons (Fsp3) is 0.457. The minimum Gasteiger partial charge on any atom is -0.392 e. The third-order valence-corrected chi connectivity index (χ3v) is 8.04. The second kappa shape index (κ2) is 16.2. The molecule has 4 rings (SSSR count). The highest BCUT2D eigenvalue weighted by Crippen LogP contribution is 2.39. The highest BCUT2D eigenvalue weighted by Gasteiger charge is 2.56. The largest absolute Gasteiger partial charge is 0.392 e. The molecule has 1 aliphatic heterocycles. The number of hydrogen-bond donors (Lipinski definition) is 3. The van der Waals surface area contributed by atoms with Crippen LogP contribution >= 0.6 is 0 Å². The molecule has 0 aromatic heterocycles. The van der Waals surface area contributed by atoms with E-state index in [0.29, 0.717) is 6.61 Å². The van der Waals surface area contributed by atoms with Crippen molar-refractivity contribution in [3.8, 4) is 0 Å². The summed E-state index contributed by atoms with van der Waals surface area (Å²) in [5.41, 5.74) is 0.856. The third-order valence-electron chi connectivity index (χ3n) is 8.04. The predicted molar refractivity (Wildman–Crippen MR) is 162 cm³/mol. The monoisotopic (exact) mass is 592 g/mol. The second-order valence-electron chi connectivity index (χ2n) is 11.5. The summed E-state index contributed by atoms with van der Waals surface area (Å²) in [6, 6.07) is 28.7. The summed E-state index contributed by atoms with van der Waals surface area (Å²) in [6.07, 6.45) is -3.29. The van der Waals surface area contributed by atoms with Gasteiger partial charge in [0.2, 0.25) is 0 Å². The summed E-state index contributed by atoms with van der Waals surface area (Å²) in [5, 5.41) is 35.1. The first kappa shape index (κ1) is 33.0. The van der Waals surface area contributed by atoms with Crippen molar-refractivity contribution < 1.29 is 39.1 Å². The Labute approximate surface area is 254 Å². The molecule has 1 saturated heterocycles. The molecule has 3 N–H and O–H groups in total. The van der Waals surface area contributed by atoms with Crippen LogP contribution in [0.2, 0.25) is 0 Å². The van der Waals surface area contributed by atoms with Gasteiger partial charge in [0.05, 0.1) is 58.5 Å². The van der Waals surface area contributed by atoms with E-state index < -0.39 is 41.7 Å². The van der Waals surface area contributed by atoms with Gasteiger partial charge < -0.3 is 34.3 Å². The summed E-state index contributed by atoms with van der Waals surface area (Å²) in [6.45, 7) is 4.19. The van der Waals surface area contributed by atoms with Crippen LogP contribution in [0, 0.1) is 17.8 Å². The van der Waals surface area contributed by atoms with Crippen LogP contribution in [0.5, 0.6) is 0 Å². The van der Waals surface area contributed by atoms with E-state index in [1.807, 2.05) is 91.0 Å². The lowest BCUT2D eigenvalue weighted by Crippen LogP contribution is -2.61. The Hall–Kier alpha value is -2.95. The normalized spacial score (nSPS) is 19.5. The van der Waals surface area contributed by atoms with Gasteiger partial charge in [-0.2, -0.15) is 0 Å². The first-order valence-corrected chi connectivity index (χ1v) is 14.9. The Kier molecular flexibility index (Phi) is 12.4. The molecule has 43 heavy (non-hydrogen) atoms. The highest BCUT2D eigenvalue weighted by molar-refractivity contribution is 5.83. The zero-order valence-electron chi connectivity index (χ0n) is 25.0. The fourth-order valence-electron chi connectivity index (χ4n) is 5.37. The lowest BCUT2D eigenvalue weighted by atomic mass is 9.72. The average molecular weight is 593 g/mol. The summed E-state index contributed by atoms with van der Waals surface area (Å²) in [7, 11) is 0. The van der Waals surface area contributed by atoms with E-state index in [1.54, 1.807) is 13.8 Å². The maximum absolute atomic E-state index is 13.4. The van der Waals surface area contributed by atoms with Gasteiger partial charge in [-0.3, -0.25) is 4.79 Å². The summed E-state index contributed by atoms with van der Waals surface area (Å²) < 4.78 is 23.1. The van der Waals surface area contributed by atoms with Crippen molar-refractivity contribution in [3.63, 3.8) is 0 Å². The van der Waals surface area contributed by atoms with Gasteiger partial charge in [-0.15, -0.1) is 0 Å². The van der Waals surface area contributed by atoms with Crippen molar-refractivity contribution in [2.45, 2.75) is 57.6 Å². The highest BCUT2D eigenvalue weighted by atomic mass is 16.6. The van der Waals surface area contributed by atoms with Crippen LogP contribution in [-0.4, -0.2) is 71.4 Å². The molecule has 8 heteroatoms. The van der Waals surface area contributed by atoms with E-state index in [4.69, 9.17) is 18.9 Å². The van der Waals surface area contributed by atoms with Crippen molar-refractivity contribution in [2.75, 3.05) is 26.4 Å². The first-order chi connectivity index (χ1) is 20.8. The second-order valence-corrected chi connectivity index (χ2v) is 11.5. The first-order valence-electron chi connectivity index (χ1n) is 14.9. The van der Waals surface area contributed by atoms with Crippen LogP contribution in [0.15, 0.2) is 91.0 Å². The minimum atomic E-state index is -1.96. The molecule has 7 atom stereocenters. The van der Waals surface area contributed by atoms with Crippen molar-refractivity contribution in [2.24, 2.45) is 17.8 Å². The van der Waals surface area contributed by atoms with Gasteiger partial charge in [0.15, 0.2) is 0 Å². The Balaban J connectivity index is 1.44. The molecular weight excluding hydrogens is 548 g/mol. The van der Waals surface area contributed by atoms with Gasteiger partial charge in [-0.05, 0) is 16.7 Å². The van der Waals surface area contributed by atoms with Crippen LogP contribution in [0.25, 0.3) is 0 Å². The molecule has 0 saturated carbocycles. The number of carbonyl (C=O) groups excluding carboxylic acids is 1. The fourth-order valence-corrected chi connectivity index (χ4v) is 5.37. The Bertz CT molecular complexity index is 1220. The molecule has 8 nitrogen and oxygen atoms in total. The van der Waals surface area contributed by atoms with Crippen LogP contribution < -0.4 is 0 Å². The number of aliphatic hydroxyl groups is 3. The van der Waals surface area contributed by atoms with Crippen LogP contribution in [0.3, 0.4) is 0 Å². The minimum absolute atomic E-state index is 0.190. The number of aliphatic hydroxyl groups excluding tert-OH is 2. The summed E-state index contributed by atoms with van der Waals surface area (Å²) in [4.78, 5) is 13.4. The smallest absolute Gasteiger partial charge is 0.143 e. The maximum Gasteiger partial charge on any atom is 0.143 e. The lowest BCUT2D eigenvalue weighted by molar-refractivity contribution is -0.200. The van der Waals surface area contributed by atoms with E-state index >= 15 is 0 Å². The van der Waals surface area contributed by atoms with Gasteiger partial charge in [-0.1, -0.05) is 105 Å². The number of benzene rings is 3. The third kappa shape index (κ3) is 9.52. The summed E-state index contributed by atoms with van der Waals surface area (Å²) >= 11 is 0. The molecule has 1 unspecified atom stereocenters. The molecule has 3 aromatic rings. The van der Waals surface area contributed by atoms with Gasteiger partial charge >= 0.3 is 0 Å². The van der Waals surface area contributed by atoms with Crippen molar-refractivity contribution in [1.29, 1.82) is 0 Å². The zero-order chi connectivity index (χ0) is 30.7. The van der Waals surface area contributed by atoms with Crippen LogP contribution in [0.4, 0.5) is 0 Å². The lowest BCUT2D eigenvalue weighted by Gasteiger charge is -2.42. The standard InChI is InChI=1S/C35H44O8/c1-25(18-40-19-27-12-6-3-7-13-27)33(37)26(2)34(38)32(30-22-43-30)35(39,24-42-21-29-16-10-5-11-17-29)31(36)23-41-20-28-14-8-4-9-15-28/h3-17,25-26,30-32,34,36,38-39H,18-24H2,1-2H3/t25-,26+,30?,31+,32+,34-,35-/m0/s1. The molecular formula is C35H44O8. The SMILES string of the molecule is C[C@H](C(=O)[C@@H](C)COCc1ccccc1)[C@H](O)[C@@H](C1CO1)[C@](O)(COCc1ccccc1)[C@H](O)COCc1ccccc1. The average Bonchev–Trinajstić information content (AvgIpc) is 3.87. The van der Waals surface area contributed by atoms with Crippen molar-refractivity contribution in [1.82, 2.24) is 0 Å². The van der Waals surface area contributed by atoms with E-state index in [0.717, 1.165) is 16.7 Å². The number of ether oxygens (including phenoxy) is 4. The van der Waals surface area contributed by atoms with Gasteiger partial charge in [0, 0.05) is 17.8 Å². The molecule has 1 fully saturated rings. The molecule has 1 heterocycles. The van der Waals surface area contributed by atoms with E-state index in [1.165, 1.54) is 0 Å². The quantitative estimate of drug-likeness (QED) is 0.179. The Morgan fingerprint density at radius 1 is 0.791 bits per heavy atom. The van der Waals surface area contributed by atoms with Gasteiger partial charge in [0.1, 0.15) is 17.5 Å².